The van der Waals surface area contributed by atoms with Crippen molar-refractivity contribution in [3.05, 3.63) is 238 Å². The summed E-state index contributed by atoms with van der Waals surface area (Å²) in [5, 5.41) is 0.554. The maximum atomic E-state index is 9.62. The van der Waals surface area contributed by atoms with Gasteiger partial charge in [0.2, 0.25) is 5.69 Å². The van der Waals surface area contributed by atoms with Crippen molar-refractivity contribution in [2.24, 2.45) is 0 Å². The average Bonchev–Trinajstić information content (AvgIpc) is 1.31. The van der Waals surface area contributed by atoms with Crippen molar-refractivity contribution in [1.29, 1.82) is 0 Å². The van der Waals surface area contributed by atoms with Gasteiger partial charge in [-0.2, -0.15) is 0 Å². The number of pyridine rings is 3. The maximum Gasteiger partial charge on any atom is 3.00 e. The molecule has 0 saturated carbocycles. The van der Waals surface area contributed by atoms with E-state index >= 15 is 0 Å². The Morgan fingerprint density at radius 1 is 0.621 bits per heavy atom. The number of nitrogens with zero attached hydrogens (tertiary/aromatic N) is 4. The first kappa shape index (κ1) is 24.3. The van der Waals surface area contributed by atoms with Crippen LogP contribution in [0, 0.1) is 38.5 Å². The van der Waals surface area contributed by atoms with E-state index in [9.17, 15) is 16.4 Å². The van der Waals surface area contributed by atoms with Crippen molar-refractivity contribution in [3.8, 4) is 44.9 Å². The van der Waals surface area contributed by atoms with Crippen molar-refractivity contribution < 1.29 is 56.0 Å². The van der Waals surface area contributed by atoms with Crippen LogP contribution in [0.25, 0.3) is 71.7 Å². The summed E-state index contributed by atoms with van der Waals surface area (Å²) in [6, 6.07) is 31.3. The number of furan rings is 1. The van der Waals surface area contributed by atoms with Gasteiger partial charge in [0, 0.05) is 48.7 Å². The van der Waals surface area contributed by atoms with Gasteiger partial charge >= 0.3 is 20.1 Å². The smallest absolute Gasteiger partial charge is 0.502 e. The van der Waals surface area contributed by atoms with Crippen LogP contribution in [-0.4, -0.2) is 15.0 Å². The summed E-state index contributed by atoms with van der Waals surface area (Å²) in [5.41, 5.74) is -5.15. The third kappa shape index (κ3) is 9.42. The molecule has 66 heavy (non-hydrogen) atoms. The van der Waals surface area contributed by atoms with Gasteiger partial charge in [0.05, 0.1) is 19.0 Å². The van der Waals surface area contributed by atoms with E-state index in [-0.39, 0.29) is 76.1 Å². The molecule has 5 nitrogen and oxygen atoms in total. The Balaban J connectivity index is 0.00000941. The minimum atomic E-state index is -3.54. The van der Waals surface area contributed by atoms with E-state index in [0.717, 1.165) is 48.9 Å². The molecule has 0 aliphatic carbocycles. The Bertz CT molecular complexity index is 4280. The fraction of sp³-hybridized carbons (Fsp3) is 0.133. The molecule has 10 aromatic rings. The second kappa shape index (κ2) is 19.8. The third-order valence-electron chi connectivity index (χ3n) is 10.2. The molecule has 0 spiro atoms. The van der Waals surface area contributed by atoms with E-state index in [4.69, 9.17) is 26.1 Å². The van der Waals surface area contributed by atoms with Gasteiger partial charge in [0.25, 0.3) is 0 Å². The second-order valence-corrected chi connectivity index (χ2v) is 14.4. The van der Waals surface area contributed by atoms with Crippen LogP contribution < -0.4 is 0 Å². The first-order valence-corrected chi connectivity index (χ1v) is 19.9. The zero-order chi connectivity index (χ0) is 64.2. The third-order valence-corrected chi connectivity index (χ3v) is 10.2. The monoisotopic (exact) mass is 1050 g/mol. The van der Waals surface area contributed by atoms with Crippen molar-refractivity contribution in [1.82, 2.24) is 15.0 Å². The minimum Gasteiger partial charge on any atom is -0.502 e. The number of benzene rings is 6. The Kier molecular flexibility index (Phi) is 7.30. The largest absolute Gasteiger partial charge is 3.00 e. The first-order chi connectivity index (χ1) is 41.0. The summed E-state index contributed by atoms with van der Waals surface area (Å²) in [5.74, 6) is 0. The van der Waals surface area contributed by atoms with Crippen LogP contribution in [0.3, 0.4) is 0 Å². The molecule has 4 aromatic heterocycles. The fourth-order valence-corrected chi connectivity index (χ4v) is 7.10. The zero-order valence-corrected chi connectivity index (χ0v) is 36.6. The van der Waals surface area contributed by atoms with E-state index in [0.29, 0.717) is 22.6 Å². The Morgan fingerprint density at radius 2 is 1.23 bits per heavy atom. The van der Waals surface area contributed by atoms with Crippen LogP contribution in [-0.2, 0) is 58.3 Å². The molecule has 0 atom stereocenters. The maximum absolute atomic E-state index is 9.62. The van der Waals surface area contributed by atoms with Crippen molar-refractivity contribution in [2.45, 2.75) is 51.9 Å². The van der Waals surface area contributed by atoms with Gasteiger partial charge in [0.1, 0.15) is 5.58 Å². The molecule has 0 radical (unpaired) electrons. The number of hydrogen-bond acceptors (Lipinski definition) is 4. The summed E-state index contributed by atoms with van der Waals surface area (Å²) in [6.45, 7) is 1.96. The van der Waals surface area contributed by atoms with Crippen LogP contribution in [0.2, 0.25) is 0 Å². The van der Waals surface area contributed by atoms with Gasteiger partial charge in [-0.25, -0.2) is 4.85 Å². The van der Waals surface area contributed by atoms with Crippen molar-refractivity contribution >= 4 is 27.6 Å². The number of hydrogen-bond donors (Lipinski definition) is 0. The number of fused-ring (bicyclic) bond motifs is 3. The molecular formula is C60H45IrN4O. The van der Waals surface area contributed by atoms with Gasteiger partial charge in [0.15, 0.2) is 0 Å². The second-order valence-electron chi connectivity index (χ2n) is 14.4. The van der Waals surface area contributed by atoms with Crippen LogP contribution in [0.15, 0.2) is 168 Å². The number of aromatic nitrogens is 3. The van der Waals surface area contributed by atoms with E-state index in [1.165, 1.54) is 36.4 Å². The topological polar surface area (TPSA) is 56.2 Å². The van der Waals surface area contributed by atoms with E-state index in [1.54, 1.807) is 42.5 Å². The molecule has 6 heteroatoms. The van der Waals surface area contributed by atoms with Crippen molar-refractivity contribution in [2.75, 3.05) is 0 Å². The molecule has 0 bridgehead atoms. The Hall–Kier alpha value is -7.29. The Morgan fingerprint density at radius 3 is 1.79 bits per heavy atom. The predicted octanol–water partition coefficient (Wildman–Crippen LogP) is 14.4. The molecule has 0 aliphatic rings. The van der Waals surface area contributed by atoms with E-state index < -0.39 is 127 Å². The molecule has 0 fully saturated rings. The summed E-state index contributed by atoms with van der Waals surface area (Å²) in [6.07, 6.45) is -18.1. The van der Waals surface area contributed by atoms with Crippen LogP contribution in [0.5, 0.6) is 0 Å². The quantitative estimate of drug-likeness (QED) is 0.108. The molecule has 6 aromatic carbocycles. The summed E-state index contributed by atoms with van der Waals surface area (Å²) >= 11 is 0. The van der Waals surface area contributed by atoms with Crippen molar-refractivity contribution in [3.63, 3.8) is 0 Å². The van der Waals surface area contributed by atoms with Crippen LogP contribution >= 0.6 is 0 Å². The number of aryl methyl sites for hydroxylation is 8. The summed E-state index contributed by atoms with van der Waals surface area (Å²) in [4.78, 5) is 16.7. The molecule has 10 rings (SSSR count). The predicted molar refractivity (Wildman–Crippen MR) is 263 cm³/mol. The molecular weight excluding hydrogens is 985 g/mol. The number of rotatable bonds is 13. The molecule has 4 heterocycles. The summed E-state index contributed by atoms with van der Waals surface area (Å²) < 4.78 is 213. The minimum absolute atomic E-state index is 0. The molecule has 0 aliphatic heterocycles. The zero-order valence-electron chi connectivity index (χ0n) is 57.2. The first-order valence-electron chi connectivity index (χ1n) is 31.4. The molecule has 0 unspecified atom stereocenters. The van der Waals surface area contributed by atoms with Gasteiger partial charge in [-0.1, -0.05) is 101 Å². The molecule has 0 amide bonds. The SMILES string of the molecule is [2H]c1c([2H])c([2H])c(-c2ccc3oc4c(-c5ccc(C([2H])([2H])C([2H])([2H])c6cc(C([2H])([2H])C([2H])([2H])c7cnc(-c8[c-]cccc8)cc7C([2H])([2H])[2H])cc(C([2H])([2H])C([2H])([2H])c7cnc(-c8[c-]cccc8)cc7C([2H])([2H])[2H])c6)cn5)[c-]ccc4c3c2[N+]#[C-])c([2H])c1[2H].[Ir+3]. The normalized spacial score (nSPS) is 17.9. The van der Waals surface area contributed by atoms with Crippen LogP contribution in [0.1, 0.15) is 76.0 Å². The van der Waals surface area contributed by atoms with Crippen LogP contribution in [0.4, 0.5) is 5.69 Å². The Labute approximate surface area is 432 Å². The average molecular weight is 1050 g/mol. The van der Waals surface area contributed by atoms with E-state index in [2.05, 4.69) is 38.0 Å². The van der Waals surface area contributed by atoms with Gasteiger partial charge in [-0.15, -0.1) is 90.0 Å². The standard InChI is InChI=1S/C60H45N4O.Ir/c1-40-32-55(47-16-9-5-10-17-47)63-38-49(40)27-24-44-34-43(35-45(36-44)25-28-50-39-64-56(33-41(50)2)48-18-11-6-12-19-48)23-22-42-26-30-54(62-37-42)52-20-13-21-53-58-57(65-60(52)53)31-29-51(59(58)61-3)46-14-7-4-8-15-46;/h4-16,18,21,26,29-39H,22-25,27-28H2,1-2H3;/q-3;+3/i1D3,2D3,4D,7D,8D,14D,15D,22D2,23D2,24D2,25D2,27D2,28D2;. The summed E-state index contributed by atoms with van der Waals surface area (Å²) in [7, 11) is 0. The van der Waals surface area contributed by atoms with Gasteiger partial charge < -0.3 is 19.4 Å². The van der Waals surface area contributed by atoms with Gasteiger partial charge in [-0.05, 0) is 120 Å². The van der Waals surface area contributed by atoms with E-state index in [1.807, 2.05) is 0 Å². The molecule has 0 N–H and O–H groups in total. The molecule has 320 valence electrons. The van der Waals surface area contributed by atoms with Gasteiger partial charge in [-0.3, -0.25) is 0 Å². The molecule has 0 saturated heterocycles. The fourth-order valence-electron chi connectivity index (χ4n) is 7.10.